The molecule has 4 aromatic heterocycles. The molecule has 14 heteroatoms. The predicted molar refractivity (Wildman–Crippen MR) is 175 cm³/mol. The van der Waals surface area contributed by atoms with Crippen molar-refractivity contribution < 1.29 is 27.1 Å². The molecule has 0 radical (unpaired) electrons. The standard InChI is InChI=1S/C35H37F3N8O3/c1-4-23-19-46(31(47)14-22-5-6-24(28(13-22)35(36,37)38)18-45-11-9-44(3)10-12-45)20-25-15-26(17-40-32(23)25)49-30-7-8-39-33-27(30)16-29(41-33)34-43-42-21(2)48-34/h5-8,13,15-17,23H,4,9-12,14,18-20H2,1-3H3,(H,39,41)/t23-/m0/s1. The van der Waals surface area contributed by atoms with E-state index in [4.69, 9.17) is 14.1 Å². The largest absolute Gasteiger partial charge is 0.455 e. The summed E-state index contributed by atoms with van der Waals surface area (Å²) in [5, 5.41) is 8.66. The number of hydrogen-bond acceptors (Lipinski definition) is 9. The zero-order chi connectivity index (χ0) is 34.3. The SMILES string of the molecule is CC[C@H]1CN(C(=O)Cc2ccc(CN3CCN(C)CC3)c(C(F)(F)F)c2)Cc2cc(Oc3ccnc4[nH]c(-c5nnc(C)o5)cc34)cnc21. The Morgan fingerprint density at radius 1 is 1.08 bits per heavy atom. The molecule has 0 saturated carbocycles. The number of ether oxygens (including phenoxy) is 1. The van der Waals surface area contributed by atoms with Crippen molar-refractivity contribution in [3.05, 3.63) is 82.6 Å². The molecule has 0 spiro atoms. The summed E-state index contributed by atoms with van der Waals surface area (Å²) in [4.78, 5) is 31.8. The Labute approximate surface area is 281 Å². The number of hydrogen-bond donors (Lipinski definition) is 1. The second kappa shape index (κ2) is 13.2. The minimum atomic E-state index is -4.52. The van der Waals surface area contributed by atoms with Gasteiger partial charge >= 0.3 is 6.18 Å². The number of halogens is 3. The van der Waals surface area contributed by atoms with Crippen molar-refractivity contribution in [2.45, 2.75) is 51.9 Å². The summed E-state index contributed by atoms with van der Waals surface area (Å²) < 4.78 is 54.4. The number of nitrogens with one attached hydrogen (secondary N) is 1. The van der Waals surface area contributed by atoms with Crippen LogP contribution in [0.5, 0.6) is 11.5 Å². The number of H-pyrrole nitrogens is 1. The number of piperazine rings is 1. The quantitative estimate of drug-likeness (QED) is 0.213. The van der Waals surface area contributed by atoms with Gasteiger partial charge in [-0.25, -0.2) is 4.98 Å². The Balaban J connectivity index is 1.08. The average Bonchev–Trinajstić information content (AvgIpc) is 3.72. The number of carbonyl (C=O) groups is 1. The summed E-state index contributed by atoms with van der Waals surface area (Å²) >= 11 is 0. The number of rotatable bonds is 8. The van der Waals surface area contributed by atoms with E-state index in [0.717, 1.165) is 36.8 Å². The summed E-state index contributed by atoms with van der Waals surface area (Å²) in [6.45, 7) is 7.75. The van der Waals surface area contributed by atoms with Crippen LogP contribution in [-0.2, 0) is 30.5 Å². The van der Waals surface area contributed by atoms with E-state index in [-0.39, 0.29) is 36.9 Å². The second-order valence-electron chi connectivity index (χ2n) is 12.8. The molecular formula is C35H37F3N8O3. The summed E-state index contributed by atoms with van der Waals surface area (Å²) in [5.74, 6) is 1.55. The van der Waals surface area contributed by atoms with Gasteiger partial charge in [0.05, 0.1) is 29.3 Å². The van der Waals surface area contributed by atoms with Crippen molar-refractivity contribution in [3.8, 4) is 23.1 Å². The third-order valence-electron chi connectivity index (χ3n) is 9.31. The lowest BCUT2D eigenvalue weighted by atomic mass is 9.92. The van der Waals surface area contributed by atoms with E-state index in [2.05, 4.69) is 25.1 Å². The molecule has 0 aliphatic carbocycles. The highest BCUT2D eigenvalue weighted by Crippen LogP contribution is 2.37. The van der Waals surface area contributed by atoms with Crippen LogP contribution in [0.4, 0.5) is 13.2 Å². The topological polar surface area (TPSA) is 117 Å². The van der Waals surface area contributed by atoms with Crippen LogP contribution in [0.25, 0.3) is 22.6 Å². The normalized spacial score (nSPS) is 17.4. The van der Waals surface area contributed by atoms with E-state index in [1.165, 1.54) is 6.07 Å². The molecule has 1 N–H and O–H groups in total. The number of carbonyl (C=O) groups excluding carboxylic acids is 1. The minimum Gasteiger partial charge on any atom is -0.455 e. The lowest BCUT2D eigenvalue weighted by Gasteiger charge is -2.34. The maximum Gasteiger partial charge on any atom is 0.416 e. The number of aryl methyl sites for hydroxylation is 1. The van der Waals surface area contributed by atoms with Gasteiger partial charge in [0.1, 0.15) is 22.8 Å². The number of alkyl halides is 3. The second-order valence-corrected chi connectivity index (χ2v) is 12.8. The highest BCUT2D eigenvalue weighted by molar-refractivity contribution is 5.87. The first-order valence-electron chi connectivity index (χ1n) is 16.4. The van der Waals surface area contributed by atoms with E-state index in [9.17, 15) is 18.0 Å². The minimum absolute atomic E-state index is 0.0174. The van der Waals surface area contributed by atoms with E-state index in [1.54, 1.807) is 36.4 Å². The highest BCUT2D eigenvalue weighted by atomic mass is 19.4. The van der Waals surface area contributed by atoms with Crippen LogP contribution in [0.15, 0.2) is 53.2 Å². The lowest BCUT2D eigenvalue weighted by molar-refractivity contribution is -0.138. The van der Waals surface area contributed by atoms with Gasteiger partial charge in [-0.1, -0.05) is 19.1 Å². The Hall–Kier alpha value is -4.82. The molecule has 1 aromatic carbocycles. The van der Waals surface area contributed by atoms with Crippen LogP contribution in [0.2, 0.25) is 0 Å². The number of aromatic amines is 1. The molecule has 2 aliphatic heterocycles. The van der Waals surface area contributed by atoms with Gasteiger partial charge in [0.25, 0.3) is 5.89 Å². The fraction of sp³-hybridized carbons (Fsp3) is 0.400. The molecule has 1 saturated heterocycles. The number of benzene rings is 1. The summed E-state index contributed by atoms with van der Waals surface area (Å²) in [6.07, 6.45) is -0.607. The zero-order valence-electron chi connectivity index (χ0n) is 27.5. The Morgan fingerprint density at radius 2 is 1.90 bits per heavy atom. The molecule has 0 unspecified atom stereocenters. The average molecular weight is 675 g/mol. The van der Waals surface area contributed by atoms with Gasteiger partial charge in [-0.05, 0) is 54.4 Å². The van der Waals surface area contributed by atoms with Crippen LogP contribution in [-0.4, -0.2) is 85.5 Å². The van der Waals surface area contributed by atoms with E-state index >= 15 is 0 Å². The number of likely N-dealkylation sites (N-methyl/N-ethyl adjacent to an activating group) is 1. The number of aromatic nitrogens is 5. The third kappa shape index (κ3) is 7.01. The first-order valence-corrected chi connectivity index (χ1v) is 16.4. The zero-order valence-corrected chi connectivity index (χ0v) is 27.5. The van der Waals surface area contributed by atoms with E-state index in [1.807, 2.05) is 31.0 Å². The van der Waals surface area contributed by atoms with Gasteiger partial charge in [-0.3, -0.25) is 14.7 Å². The fourth-order valence-electron chi connectivity index (χ4n) is 6.59. The maximum absolute atomic E-state index is 14.2. The number of amides is 1. The molecule has 1 fully saturated rings. The van der Waals surface area contributed by atoms with Crippen molar-refractivity contribution in [1.82, 2.24) is 39.8 Å². The summed E-state index contributed by atoms with van der Waals surface area (Å²) in [7, 11) is 2.01. The van der Waals surface area contributed by atoms with Crippen LogP contribution in [0.3, 0.4) is 0 Å². The molecular weight excluding hydrogens is 637 g/mol. The monoisotopic (exact) mass is 674 g/mol. The Kier molecular flexibility index (Phi) is 8.84. The molecule has 7 rings (SSSR count). The summed E-state index contributed by atoms with van der Waals surface area (Å²) in [5.41, 5.74) is 2.82. The molecule has 2 aliphatic rings. The van der Waals surface area contributed by atoms with Crippen molar-refractivity contribution in [3.63, 3.8) is 0 Å². The van der Waals surface area contributed by atoms with E-state index in [0.29, 0.717) is 65.2 Å². The van der Waals surface area contributed by atoms with Gasteiger partial charge < -0.3 is 23.9 Å². The Bertz CT molecular complexity index is 1980. The van der Waals surface area contributed by atoms with Crippen molar-refractivity contribution in [2.75, 3.05) is 39.8 Å². The molecule has 49 heavy (non-hydrogen) atoms. The number of pyridine rings is 2. The van der Waals surface area contributed by atoms with Gasteiger partial charge in [0, 0.05) is 64.9 Å². The smallest absolute Gasteiger partial charge is 0.416 e. The molecule has 0 bridgehead atoms. The molecule has 1 amide bonds. The third-order valence-corrected chi connectivity index (χ3v) is 9.31. The highest BCUT2D eigenvalue weighted by Gasteiger charge is 2.35. The van der Waals surface area contributed by atoms with Crippen molar-refractivity contribution >= 4 is 16.9 Å². The van der Waals surface area contributed by atoms with Crippen LogP contribution < -0.4 is 4.74 Å². The molecule has 11 nitrogen and oxygen atoms in total. The first-order chi connectivity index (χ1) is 23.5. The lowest BCUT2D eigenvalue weighted by Crippen LogP contribution is -2.44. The van der Waals surface area contributed by atoms with Crippen LogP contribution in [0.1, 0.15) is 53.1 Å². The molecule has 6 heterocycles. The summed E-state index contributed by atoms with van der Waals surface area (Å²) in [6, 6.07) is 9.78. The van der Waals surface area contributed by atoms with Gasteiger partial charge in [0.15, 0.2) is 0 Å². The van der Waals surface area contributed by atoms with Crippen molar-refractivity contribution in [1.29, 1.82) is 0 Å². The van der Waals surface area contributed by atoms with Gasteiger partial charge in [-0.15, -0.1) is 10.2 Å². The Morgan fingerprint density at radius 3 is 2.63 bits per heavy atom. The number of nitrogens with zero attached hydrogens (tertiary/aromatic N) is 7. The van der Waals surface area contributed by atoms with Gasteiger partial charge in [-0.2, -0.15) is 13.2 Å². The molecule has 1 atom stereocenters. The van der Waals surface area contributed by atoms with Crippen LogP contribution >= 0.6 is 0 Å². The molecule has 256 valence electrons. The predicted octanol–water partition coefficient (Wildman–Crippen LogP) is 5.95. The molecule has 5 aromatic rings. The van der Waals surface area contributed by atoms with Crippen LogP contribution in [0, 0.1) is 6.92 Å². The maximum atomic E-state index is 14.2. The van der Waals surface area contributed by atoms with Crippen molar-refractivity contribution in [2.24, 2.45) is 0 Å². The van der Waals surface area contributed by atoms with E-state index < -0.39 is 11.7 Å². The van der Waals surface area contributed by atoms with Gasteiger partial charge in [0.2, 0.25) is 11.8 Å². The first kappa shape index (κ1) is 32.7. The number of fused-ring (bicyclic) bond motifs is 2. The fourth-order valence-corrected chi connectivity index (χ4v) is 6.59.